The van der Waals surface area contributed by atoms with Crippen LogP contribution in [0.3, 0.4) is 0 Å². The number of fused-ring (bicyclic) bond motifs is 2. The monoisotopic (exact) mass is 1220 g/mol. The van der Waals surface area contributed by atoms with Crippen molar-refractivity contribution in [3.8, 4) is 11.5 Å². The van der Waals surface area contributed by atoms with Gasteiger partial charge in [-0.3, -0.25) is 38.7 Å². The Hall–Kier alpha value is -10.2. The highest BCUT2D eigenvalue weighted by atomic mass is 32.2. The van der Waals surface area contributed by atoms with E-state index in [1.807, 2.05) is 0 Å². The van der Waals surface area contributed by atoms with Gasteiger partial charge in [0.2, 0.25) is 23.6 Å². The van der Waals surface area contributed by atoms with Crippen LogP contribution in [-0.2, 0) is 50.1 Å². The van der Waals surface area contributed by atoms with Crippen LogP contribution < -0.4 is 31.5 Å². The molecule has 0 saturated carbocycles. The summed E-state index contributed by atoms with van der Waals surface area (Å²) in [6, 6.07) is 22.0. The van der Waals surface area contributed by atoms with Crippen LogP contribution in [0.25, 0.3) is 16.8 Å². The Bertz CT molecular complexity index is 4650. The summed E-state index contributed by atoms with van der Waals surface area (Å²) < 4.78 is 145. The van der Waals surface area contributed by atoms with E-state index in [1.54, 1.807) is 54.6 Å². The number of methoxy groups -OCH3 is 1. The molecular formula is C50H38N12O18S4. The van der Waals surface area contributed by atoms with Crippen LogP contribution in [0.2, 0.25) is 0 Å². The lowest BCUT2D eigenvalue weighted by Crippen LogP contribution is -2.28. The van der Waals surface area contributed by atoms with Gasteiger partial charge in [0.25, 0.3) is 40.5 Å². The van der Waals surface area contributed by atoms with Gasteiger partial charge in [-0.25, -0.2) is 4.79 Å². The SMILES string of the molecule is COc1cc(N=Nc2cc(S(=O)(=O)O)cc3cc(S(=O)(=O)O)cc(O)c23)c(C)cc1N/N=C1\C(=O)c2c(cc(S(=O)(=O)O)cc2Nc2nc(Nc3ccccc3)nc(Nc3ccc(N/N=C4/C=CC(=O)C(C(=O)O)=C4)cc3)n2)C=C1S(=O)(=O)O. The first-order valence-corrected chi connectivity index (χ1v) is 29.1. The fraction of sp³-hybridized carbons (Fsp3) is 0.0400. The maximum Gasteiger partial charge on any atom is 0.339 e. The third kappa shape index (κ3) is 13.1. The second-order valence-electron chi connectivity index (χ2n) is 17.6. The van der Waals surface area contributed by atoms with Crippen molar-refractivity contribution < 1.29 is 81.2 Å². The predicted octanol–water partition coefficient (Wildman–Crippen LogP) is 7.24. The minimum absolute atomic E-state index is 0.0156. The van der Waals surface area contributed by atoms with Crippen molar-refractivity contribution in [2.24, 2.45) is 20.4 Å². The summed E-state index contributed by atoms with van der Waals surface area (Å²) in [6.07, 6.45) is 4.21. The average molecular weight is 1220 g/mol. The molecule has 0 aliphatic heterocycles. The second kappa shape index (κ2) is 22.6. The molecule has 11 N–H and O–H groups in total. The Kier molecular flexibility index (Phi) is 15.7. The van der Waals surface area contributed by atoms with E-state index in [0.29, 0.717) is 29.2 Å². The van der Waals surface area contributed by atoms with Crippen LogP contribution in [0, 0.1) is 6.92 Å². The number of aromatic nitrogens is 3. The predicted molar refractivity (Wildman–Crippen MR) is 302 cm³/mol. The van der Waals surface area contributed by atoms with Crippen LogP contribution in [0.1, 0.15) is 21.5 Å². The number of nitrogens with one attached hydrogen (secondary N) is 5. The van der Waals surface area contributed by atoms with Crippen LogP contribution >= 0.6 is 0 Å². The van der Waals surface area contributed by atoms with Gasteiger partial charge in [-0.15, -0.1) is 5.11 Å². The molecule has 2 aliphatic rings. The highest BCUT2D eigenvalue weighted by molar-refractivity contribution is 7.91. The van der Waals surface area contributed by atoms with Gasteiger partial charge in [0.1, 0.15) is 22.0 Å². The van der Waals surface area contributed by atoms with E-state index >= 15 is 0 Å². The van der Waals surface area contributed by atoms with E-state index in [2.05, 4.69) is 62.2 Å². The molecule has 0 fully saturated rings. The smallest absolute Gasteiger partial charge is 0.339 e. The van der Waals surface area contributed by atoms with Gasteiger partial charge in [-0.2, -0.15) is 63.9 Å². The molecule has 30 nitrogen and oxygen atoms in total. The van der Waals surface area contributed by atoms with E-state index in [9.17, 15) is 76.5 Å². The Morgan fingerprint density at radius 1 is 0.595 bits per heavy atom. The molecule has 0 bridgehead atoms. The Balaban J connectivity index is 1.06. The zero-order chi connectivity index (χ0) is 60.6. The van der Waals surface area contributed by atoms with Crippen LogP contribution in [0.4, 0.5) is 57.7 Å². The largest absolute Gasteiger partial charge is 0.507 e. The summed E-state index contributed by atoms with van der Waals surface area (Å²) in [7, 11) is -19.2. The lowest BCUT2D eigenvalue weighted by molar-refractivity contribution is -0.134. The number of phenols is 1. The number of benzene rings is 6. The van der Waals surface area contributed by atoms with Gasteiger partial charge in [-0.05, 0) is 121 Å². The Morgan fingerprint density at radius 3 is 1.76 bits per heavy atom. The number of carbonyl (C=O) groups is 3. The lowest BCUT2D eigenvalue weighted by Gasteiger charge is -2.21. The zero-order valence-corrected chi connectivity index (χ0v) is 45.7. The molecule has 0 radical (unpaired) electrons. The van der Waals surface area contributed by atoms with Crippen LogP contribution in [0.15, 0.2) is 167 Å². The van der Waals surface area contributed by atoms with Gasteiger partial charge < -0.3 is 30.9 Å². The molecule has 0 amide bonds. The molecule has 1 heterocycles. The number of ether oxygens (including phenoxy) is 1. The highest BCUT2D eigenvalue weighted by Crippen LogP contribution is 2.41. The molecule has 0 unspecified atom stereocenters. The number of para-hydroxylation sites is 1. The number of rotatable bonds is 18. The maximum absolute atomic E-state index is 14.7. The molecule has 7 aromatic rings. The molecule has 84 heavy (non-hydrogen) atoms. The molecule has 0 saturated heterocycles. The van der Waals surface area contributed by atoms with E-state index in [0.717, 1.165) is 42.5 Å². The molecule has 34 heteroatoms. The first kappa shape index (κ1) is 58.5. The molecule has 6 aromatic carbocycles. The number of ketones is 2. The first-order valence-electron chi connectivity index (χ1n) is 23.4. The number of aryl methyl sites for hydroxylation is 1. The van der Waals surface area contributed by atoms with E-state index in [1.165, 1.54) is 32.2 Å². The topological polar surface area (TPSA) is 467 Å². The summed E-state index contributed by atoms with van der Waals surface area (Å²) in [5, 5.41) is 44.6. The molecule has 9 rings (SSSR count). The Labute approximate surface area is 473 Å². The van der Waals surface area contributed by atoms with E-state index in [4.69, 9.17) is 4.74 Å². The fourth-order valence-corrected chi connectivity index (χ4v) is 10.3. The molecular weight excluding hydrogens is 1180 g/mol. The lowest BCUT2D eigenvalue weighted by atomic mass is 9.93. The van der Waals surface area contributed by atoms with Crippen molar-refractivity contribution in [3.63, 3.8) is 0 Å². The summed E-state index contributed by atoms with van der Waals surface area (Å²) in [5.74, 6) is -4.94. The van der Waals surface area contributed by atoms with E-state index in [-0.39, 0.29) is 57.0 Å². The molecule has 1 aromatic heterocycles. The van der Waals surface area contributed by atoms with Crippen molar-refractivity contribution in [2.75, 3.05) is 33.9 Å². The molecule has 0 atom stereocenters. The number of phenolic OH excluding ortho intramolecular Hbond substituents is 1. The molecule has 2 aliphatic carbocycles. The van der Waals surface area contributed by atoms with Gasteiger partial charge in [0, 0.05) is 23.5 Å². The number of anilines is 8. The van der Waals surface area contributed by atoms with Crippen molar-refractivity contribution in [1.29, 1.82) is 0 Å². The first-order chi connectivity index (χ1) is 39.5. The quantitative estimate of drug-likeness (QED) is 0.0132. The molecule has 430 valence electrons. The number of azo groups is 1. The van der Waals surface area contributed by atoms with Crippen molar-refractivity contribution in [2.45, 2.75) is 21.6 Å². The number of carboxylic acid groups (broad SMARTS) is 1. The number of carbonyl (C=O) groups excluding carboxylic acids is 2. The Morgan fingerprint density at radius 2 is 1.17 bits per heavy atom. The second-order valence-corrected chi connectivity index (χ2v) is 23.3. The van der Waals surface area contributed by atoms with E-state index < -0.39 is 117 Å². The number of aromatic hydroxyl groups is 1. The molecule has 0 spiro atoms. The number of hydrogen-bond donors (Lipinski definition) is 11. The number of carboxylic acids is 1. The highest BCUT2D eigenvalue weighted by Gasteiger charge is 2.36. The van der Waals surface area contributed by atoms with Crippen LogP contribution in [0.5, 0.6) is 11.5 Å². The zero-order valence-electron chi connectivity index (χ0n) is 42.5. The minimum Gasteiger partial charge on any atom is -0.507 e. The summed E-state index contributed by atoms with van der Waals surface area (Å²) in [4.78, 5) is 47.7. The number of Topliss-reactive ketones (excluding diaryl/α,β-unsaturated/α-hetero) is 1. The van der Waals surface area contributed by atoms with Crippen molar-refractivity contribution >= 4 is 144 Å². The van der Waals surface area contributed by atoms with Gasteiger partial charge >= 0.3 is 5.97 Å². The van der Waals surface area contributed by atoms with Gasteiger partial charge in [0.05, 0.1) is 66.9 Å². The fourth-order valence-electron chi connectivity index (χ4n) is 8.01. The van der Waals surface area contributed by atoms with Crippen molar-refractivity contribution in [3.05, 3.63) is 149 Å². The standard InChI is InChI=1S/C50H38N12O18S4/c1-24-14-36(41(80-2)23-35(24)59-61-38-21-32(82(71,72)73)15-25-16-33(83(74,75)76)22-40(64)43(25)38)60-62-45-42(84(77,78)79)18-26-17-31(81(68,69)70)20-37(44(26)46(45)65)53-50-55-48(51-27-6-4-3-5-7-27)54-49(56-50)52-28-8-10-29(11-9-28)57-58-30-12-13-39(63)34(19-30)47(66)67/h3-23,57,60,64H,1-2H3,(H,66,67)(H,68,69,70)(H,71,72,73)(H,74,75,76)(H,77,78,79)(H3,51,52,53,54,55,56)/b58-30-,61-59?,62-45-. The number of allylic oxidation sites excluding steroid dienone is 4. The third-order valence-electron chi connectivity index (χ3n) is 11.9. The van der Waals surface area contributed by atoms with Gasteiger partial charge in [-0.1, -0.05) is 18.2 Å². The number of hydrazone groups is 2. The van der Waals surface area contributed by atoms with Gasteiger partial charge in [0.15, 0.2) is 11.5 Å². The summed E-state index contributed by atoms with van der Waals surface area (Å²) >= 11 is 0. The normalized spacial score (nSPS) is 14.7. The summed E-state index contributed by atoms with van der Waals surface area (Å²) in [5.41, 5.74) is 3.58. The number of aliphatic carboxylic acids is 1. The van der Waals surface area contributed by atoms with Crippen LogP contribution in [-0.4, -0.2) is 113 Å². The number of nitrogens with zero attached hydrogens (tertiary/aromatic N) is 7. The third-order valence-corrected chi connectivity index (χ3v) is 15.2. The number of hydrogen-bond acceptors (Lipinski definition) is 25. The summed E-state index contributed by atoms with van der Waals surface area (Å²) in [6.45, 7) is 1.47. The minimum atomic E-state index is -5.40. The maximum atomic E-state index is 14.7. The average Bonchev–Trinajstić information content (AvgIpc) is 2.52. The van der Waals surface area contributed by atoms with Crippen molar-refractivity contribution in [1.82, 2.24) is 15.0 Å².